The third-order valence-corrected chi connectivity index (χ3v) is 13.0. The van der Waals surface area contributed by atoms with Crippen LogP contribution in [0.5, 0.6) is 23.0 Å². The maximum absolute atomic E-state index is 14.1. The number of nitrogens with one attached hydrogen (secondary N) is 2. The van der Waals surface area contributed by atoms with Crippen LogP contribution in [-0.2, 0) is 22.4 Å². The molecule has 0 aliphatic rings. The Kier molecular flexibility index (Phi) is 14.9. The van der Waals surface area contributed by atoms with Crippen LogP contribution in [0.15, 0.2) is 182 Å². The van der Waals surface area contributed by atoms with Crippen LogP contribution < -0.4 is 29.6 Å². The summed E-state index contributed by atoms with van der Waals surface area (Å²) in [4.78, 5) is 28.3. The molecule has 8 aromatic carbocycles. The summed E-state index contributed by atoms with van der Waals surface area (Å²) in [6, 6.07) is 58.2. The Hall–Kier alpha value is -7.66. The second-order valence-corrected chi connectivity index (χ2v) is 17.6. The number of carbonyl (C=O) groups excluding carboxylic acids is 2. The van der Waals surface area contributed by atoms with E-state index in [4.69, 9.17) is 18.9 Å². The van der Waals surface area contributed by atoms with Crippen molar-refractivity contribution in [3.8, 4) is 23.0 Å². The van der Waals surface area contributed by atoms with Gasteiger partial charge in [-0.2, -0.15) is 0 Å². The summed E-state index contributed by atoms with van der Waals surface area (Å²) in [6.07, 6.45) is -0.349. The minimum Gasteiger partial charge on any atom is -0.497 e. The van der Waals surface area contributed by atoms with Gasteiger partial charge < -0.3 is 39.8 Å². The molecule has 0 aliphatic carbocycles. The monoisotopic (exact) mass is 922 g/mol. The summed E-state index contributed by atoms with van der Waals surface area (Å²) in [5, 5.41) is 36.4. The third kappa shape index (κ3) is 11.0. The van der Waals surface area contributed by atoms with Gasteiger partial charge in [0.15, 0.2) is 0 Å². The predicted molar refractivity (Wildman–Crippen MR) is 272 cm³/mol. The van der Waals surface area contributed by atoms with E-state index in [1.54, 1.807) is 28.4 Å². The van der Waals surface area contributed by atoms with Crippen molar-refractivity contribution in [2.75, 3.05) is 41.5 Å². The van der Waals surface area contributed by atoms with E-state index in [9.17, 15) is 19.8 Å². The molecule has 8 aromatic rings. The summed E-state index contributed by atoms with van der Waals surface area (Å²) >= 11 is 0. The molecule has 69 heavy (non-hydrogen) atoms. The molecule has 352 valence electrons. The van der Waals surface area contributed by atoms with E-state index >= 15 is 0 Å². The van der Waals surface area contributed by atoms with Crippen LogP contribution in [0.2, 0.25) is 0 Å². The van der Waals surface area contributed by atoms with Gasteiger partial charge in [-0.05, 0) is 103 Å². The minimum absolute atomic E-state index is 0.110. The first-order valence-corrected chi connectivity index (χ1v) is 23.0. The predicted octanol–water partition coefficient (Wildman–Crippen LogP) is 9.56. The molecule has 8 rings (SSSR count). The molecule has 4 atom stereocenters. The summed E-state index contributed by atoms with van der Waals surface area (Å²) < 4.78 is 22.5. The molecule has 0 spiro atoms. The van der Waals surface area contributed by atoms with E-state index in [1.807, 2.05) is 182 Å². The number of amides is 2. The van der Waals surface area contributed by atoms with E-state index in [2.05, 4.69) is 10.6 Å². The Morgan fingerprint density at radius 1 is 0.449 bits per heavy atom. The highest BCUT2D eigenvalue weighted by atomic mass is 16.5. The lowest BCUT2D eigenvalue weighted by molar-refractivity contribution is -0.130. The zero-order valence-corrected chi connectivity index (χ0v) is 39.4. The fourth-order valence-electron chi connectivity index (χ4n) is 9.78. The standard InChI is InChI=1S/C59H58N2O8/c1-66-46-23-9-15-40(31-46)36-58(64,56(44-21-11-25-48(33-44)68-3)52-29-13-19-42-17-5-7-27-50(42)52)38-60-54(62)35-55(63)61-39-59(65,37-41-16-10-24-47(32-41)67-2)57(45-22-12-26-49(34-45)69-4)53-30-14-20-43-18-6-8-28-51(43)53/h5-34,56-57,64-65H,35-39H2,1-4H3,(H,60,62)(H,61,63). The fraction of sp³-hybridized carbons (Fsp3) is 0.220. The Bertz CT molecular complexity index is 2850. The largest absolute Gasteiger partial charge is 0.497 e. The number of aliphatic hydroxyl groups is 2. The second kappa shape index (κ2) is 21.5. The zero-order chi connectivity index (χ0) is 48.4. The first-order valence-electron chi connectivity index (χ1n) is 23.0. The SMILES string of the molecule is COc1cccc(CC(O)(CNC(=O)CC(=O)NCC(O)(Cc2cccc(OC)c2)C(c2cccc(OC)c2)c2cccc3ccccc23)C(c2cccc(OC)c2)c2cccc3ccccc23)c1. The van der Waals surface area contributed by atoms with Gasteiger partial charge in [-0.25, -0.2) is 0 Å². The average Bonchev–Trinajstić information content (AvgIpc) is 3.38. The van der Waals surface area contributed by atoms with Crippen LogP contribution in [0.3, 0.4) is 0 Å². The molecule has 4 N–H and O–H groups in total. The average molecular weight is 923 g/mol. The van der Waals surface area contributed by atoms with Crippen molar-refractivity contribution in [2.24, 2.45) is 0 Å². The lowest BCUT2D eigenvalue weighted by atomic mass is 9.72. The smallest absolute Gasteiger partial charge is 0.229 e. The van der Waals surface area contributed by atoms with Crippen molar-refractivity contribution in [1.82, 2.24) is 10.6 Å². The van der Waals surface area contributed by atoms with Gasteiger partial charge in [0.05, 0.1) is 39.6 Å². The molecule has 10 heteroatoms. The Morgan fingerprint density at radius 2 is 0.797 bits per heavy atom. The van der Waals surface area contributed by atoms with Crippen molar-refractivity contribution < 1.29 is 38.7 Å². The first kappa shape index (κ1) is 47.8. The second-order valence-electron chi connectivity index (χ2n) is 17.6. The van der Waals surface area contributed by atoms with Crippen LogP contribution in [0.1, 0.15) is 51.6 Å². The number of carbonyl (C=O) groups is 2. The molecular formula is C59H58N2O8. The highest BCUT2D eigenvalue weighted by Gasteiger charge is 2.42. The van der Waals surface area contributed by atoms with Gasteiger partial charge in [0.2, 0.25) is 11.8 Å². The van der Waals surface area contributed by atoms with Crippen molar-refractivity contribution in [1.29, 1.82) is 0 Å². The molecule has 0 saturated carbocycles. The van der Waals surface area contributed by atoms with Crippen molar-refractivity contribution in [3.63, 3.8) is 0 Å². The number of benzene rings is 8. The molecule has 0 saturated heterocycles. The highest BCUT2D eigenvalue weighted by Crippen LogP contribution is 2.43. The van der Waals surface area contributed by atoms with E-state index in [1.165, 1.54) is 0 Å². The number of fused-ring (bicyclic) bond motifs is 2. The maximum atomic E-state index is 14.1. The van der Waals surface area contributed by atoms with Gasteiger partial charge in [-0.1, -0.05) is 133 Å². The summed E-state index contributed by atoms with van der Waals surface area (Å²) in [6.45, 7) is -0.444. The van der Waals surface area contributed by atoms with Gasteiger partial charge in [0, 0.05) is 37.8 Å². The van der Waals surface area contributed by atoms with Crippen LogP contribution >= 0.6 is 0 Å². The third-order valence-electron chi connectivity index (χ3n) is 13.0. The van der Waals surface area contributed by atoms with Gasteiger partial charge >= 0.3 is 0 Å². The maximum Gasteiger partial charge on any atom is 0.229 e. The first-order chi connectivity index (χ1) is 33.5. The van der Waals surface area contributed by atoms with E-state index in [0.29, 0.717) is 23.0 Å². The normalized spacial score (nSPS) is 13.9. The number of ether oxygens (including phenoxy) is 4. The number of methoxy groups -OCH3 is 4. The molecule has 4 unspecified atom stereocenters. The summed E-state index contributed by atoms with van der Waals surface area (Å²) in [5.41, 5.74) is 1.50. The summed E-state index contributed by atoms with van der Waals surface area (Å²) in [7, 11) is 6.38. The van der Waals surface area contributed by atoms with Crippen LogP contribution in [0, 0.1) is 0 Å². The zero-order valence-electron chi connectivity index (χ0n) is 39.4. The fourth-order valence-corrected chi connectivity index (χ4v) is 9.78. The molecule has 10 nitrogen and oxygen atoms in total. The van der Waals surface area contributed by atoms with Gasteiger partial charge in [-0.3, -0.25) is 9.59 Å². The van der Waals surface area contributed by atoms with Gasteiger partial charge in [0.1, 0.15) is 29.4 Å². The molecule has 0 aromatic heterocycles. The van der Waals surface area contributed by atoms with Crippen molar-refractivity contribution in [3.05, 3.63) is 215 Å². The Labute approximate surface area is 403 Å². The topological polar surface area (TPSA) is 136 Å². The molecule has 0 radical (unpaired) electrons. The van der Waals surface area contributed by atoms with Crippen LogP contribution in [-0.4, -0.2) is 74.8 Å². The van der Waals surface area contributed by atoms with Gasteiger partial charge in [-0.15, -0.1) is 0 Å². The highest BCUT2D eigenvalue weighted by molar-refractivity contribution is 5.97. The van der Waals surface area contributed by atoms with E-state index in [-0.39, 0.29) is 25.9 Å². The number of hydrogen-bond donors (Lipinski definition) is 4. The lowest BCUT2D eigenvalue weighted by Gasteiger charge is -2.38. The molecule has 2 amide bonds. The molecule has 0 bridgehead atoms. The summed E-state index contributed by atoms with van der Waals surface area (Å²) in [5.74, 6) is -0.104. The minimum atomic E-state index is -1.66. The Morgan fingerprint density at radius 3 is 1.20 bits per heavy atom. The van der Waals surface area contributed by atoms with Crippen LogP contribution in [0.4, 0.5) is 0 Å². The molecule has 0 aliphatic heterocycles. The van der Waals surface area contributed by atoms with E-state index < -0.39 is 41.3 Å². The Balaban J connectivity index is 1.12. The van der Waals surface area contributed by atoms with Gasteiger partial charge in [0.25, 0.3) is 0 Å². The molecular weight excluding hydrogens is 865 g/mol. The van der Waals surface area contributed by atoms with Crippen molar-refractivity contribution in [2.45, 2.75) is 42.3 Å². The molecule has 0 fully saturated rings. The number of rotatable bonds is 20. The van der Waals surface area contributed by atoms with E-state index in [0.717, 1.165) is 54.9 Å². The number of hydrogen-bond acceptors (Lipinski definition) is 8. The van der Waals surface area contributed by atoms with Crippen molar-refractivity contribution >= 4 is 33.4 Å². The molecule has 0 heterocycles. The van der Waals surface area contributed by atoms with Crippen LogP contribution in [0.25, 0.3) is 21.5 Å². The lowest BCUT2D eigenvalue weighted by Crippen LogP contribution is -2.51. The quantitative estimate of drug-likeness (QED) is 0.0556.